The number of para-hydroxylation sites is 3. The summed E-state index contributed by atoms with van der Waals surface area (Å²) in [6.45, 7) is 0. The molecular weight excluding hydrogens is 847 g/mol. The summed E-state index contributed by atoms with van der Waals surface area (Å²) in [5.41, 5.74) is 11.1. The Balaban J connectivity index is 1.03. The third-order valence-corrected chi connectivity index (χ3v) is 14.5. The molecule has 0 saturated heterocycles. The Morgan fingerprint density at radius 1 is 0.324 bits per heavy atom. The van der Waals surface area contributed by atoms with Crippen LogP contribution in [0.5, 0.6) is 0 Å². The molecule has 0 amide bonds. The minimum absolute atomic E-state index is 0.562. The van der Waals surface area contributed by atoms with Crippen LogP contribution in [0.15, 0.2) is 224 Å². The summed E-state index contributed by atoms with van der Waals surface area (Å²) in [5.74, 6) is 1.74. The molecule has 0 aliphatic rings. The van der Waals surface area contributed by atoms with Crippen LogP contribution >= 0.6 is 11.3 Å². The van der Waals surface area contributed by atoms with Crippen LogP contribution in [0.4, 0.5) is 0 Å². The number of hydrogen-bond donors (Lipinski definition) is 0. The van der Waals surface area contributed by atoms with E-state index in [4.69, 9.17) is 19.9 Å². The molecule has 0 spiro atoms. The van der Waals surface area contributed by atoms with Crippen molar-refractivity contribution >= 4 is 85.8 Å². The molecule has 0 N–H and O–H groups in total. The summed E-state index contributed by atoms with van der Waals surface area (Å²) in [6.07, 6.45) is 0. The second kappa shape index (κ2) is 15.4. The fourth-order valence-electron chi connectivity index (χ4n) is 10.3. The zero-order valence-electron chi connectivity index (χ0n) is 36.5. The predicted molar refractivity (Wildman–Crippen MR) is 285 cm³/mol. The van der Waals surface area contributed by atoms with E-state index < -0.39 is 0 Å². The van der Waals surface area contributed by atoms with Gasteiger partial charge >= 0.3 is 0 Å². The van der Waals surface area contributed by atoms with Gasteiger partial charge in [-0.25, -0.2) is 19.9 Å². The Morgan fingerprint density at radius 2 is 0.956 bits per heavy atom. The van der Waals surface area contributed by atoms with Gasteiger partial charge in [-0.2, -0.15) is 0 Å². The highest BCUT2D eigenvalue weighted by atomic mass is 32.1. The highest BCUT2D eigenvalue weighted by Gasteiger charge is 2.22. The van der Waals surface area contributed by atoms with E-state index >= 15 is 0 Å². The molecule has 0 aliphatic heterocycles. The van der Waals surface area contributed by atoms with Crippen molar-refractivity contribution < 1.29 is 0 Å². The van der Waals surface area contributed by atoms with Crippen molar-refractivity contribution in [2.75, 3.05) is 0 Å². The molecule has 5 nitrogen and oxygen atoms in total. The van der Waals surface area contributed by atoms with Crippen LogP contribution in [0.25, 0.3) is 137 Å². The first-order chi connectivity index (χ1) is 33.7. The van der Waals surface area contributed by atoms with E-state index in [2.05, 4.69) is 229 Å². The molecule has 0 fully saturated rings. The second-order valence-corrected chi connectivity index (χ2v) is 18.4. The molecule has 0 unspecified atom stereocenters. The van der Waals surface area contributed by atoms with Crippen LogP contribution in [0.3, 0.4) is 0 Å². The number of pyridine rings is 1. The Morgan fingerprint density at radius 3 is 1.82 bits per heavy atom. The topological polar surface area (TPSA) is 56.5 Å². The molecule has 0 radical (unpaired) electrons. The van der Waals surface area contributed by atoms with Gasteiger partial charge in [0.1, 0.15) is 0 Å². The highest BCUT2D eigenvalue weighted by molar-refractivity contribution is 7.26. The lowest BCUT2D eigenvalue weighted by Gasteiger charge is -2.15. The first-order valence-electron chi connectivity index (χ1n) is 22.9. The van der Waals surface area contributed by atoms with E-state index in [0.29, 0.717) is 17.5 Å². The number of rotatable bonds is 6. The van der Waals surface area contributed by atoms with Crippen molar-refractivity contribution in [1.82, 2.24) is 24.5 Å². The Hall–Kier alpha value is -8.84. The lowest BCUT2D eigenvalue weighted by Crippen LogP contribution is -2.02. The van der Waals surface area contributed by atoms with Gasteiger partial charge < -0.3 is 4.57 Å². The average molecular weight is 884 g/mol. The summed E-state index contributed by atoms with van der Waals surface area (Å²) in [5, 5.41) is 10.5. The fraction of sp³-hybridized carbons (Fsp3) is 0. The van der Waals surface area contributed by atoms with Crippen LogP contribution in [0, 0.1) is 0 Å². The maximum atomic E-state index is 5.61. The van der Waals surface area contributed by atoms with Gasteiger partial charge in [-0.15, -0.1) is 11.3 Å². The van der Waals surface area contributed by atoms with Gasteiger partial charge in [0.05, 0.1) is 22.2 Å². The predicted octanol–water partition coefficient (Wildman–Crippen LogP) is 16.5. The molecule has 4 aromatic heterocycles. The number of fused-ring (bicyclic) bond motifs is 11. The van der Waals surface area contributed by atoms with Crippen molar-refractivity contribution in [2.24, 2.45) is 0 Å². The van der Waals surface area contributed by atoms with E-state index in [1.807, 2.05) is 11.3 Å². The average Bonchev–Trinajstić information content (AvgIpc) is 3.96. The number of thiophene rings is 1. The zero-order chi connectivity index (χ0) is 44.7. The van der Waals surface area contributed by atoms with Crippen molar-refractivity contribution in [3.63, 3.8) is 0 Å². The Labute approximate surface area is 394 Å². The third-order valence-electron chi connectivity index (χ3n) is 13.4. The normalized spacial score (nSPS) is 11.8. The van der Waals surface area contributed by atoms with E-state index in [1.165, 1.54) is 36.3 Å². The SMILES string of the molecule is c1ccc(-c2nc3c(-c4nc(-c5cccc(-c6ccc7ccccc7c6)c5)nc(-c5ccc6c(c5)c5ccccc5n6-c5ccccc5)n4)cccc3c3c2ccc2sc4ccccc4c23)cc1. The van der Waals surface area contributed by atoms with Crippen LogP contribution in [-0.4, -0.2) is 24.5 Å². The van der Waals surface area contributed by atoms with Gasteiger partial charge in [0.15, 0.2) is 17.5 Å². The Kier molecular flexibility index (Phi) is 8.69. The van der Waals surface area contributed by atoms with E-state index in [1.54, 1.807) is 0 Å². The lowest BCUT2D eigenvalue weighted by atomic mass is 9.95. The zero-order valence-corrected chi connectivity index (χ0v) is 37.3. The van der Waals surface area contributed by atoms with E-state index in [-0.39, 0.29) is 0 Å². The summed E-state index contributed by atoms with van der Waals surface area (Å²) >= 11 is 1.83. The molecule has 10 aromatic carbocycles. The molecule has 0 aliphatic carbocycles. The molecular formula is C62H37N5S. The molecule has 14 aromatic rings. The van der Waals surface area contributed by atoms with Crippen molar-refractivity contribution in [2.45, 2.75) is 0 Å². The van der Waals surface area contributed by atoms with Gasteiger partial charge in [-0.1, -0.05) is 158 Å². The summed E-state index contributed by atoms with van der Waals surface area (Å²) in [6, 6.07) is 79.7. The second-order valence-electron chi connectivity index (χ2n) is 17.4. The van der Waals surface area contributed by atoms with Gasteiger partial charge in [-0.05, 0) is 88.6 Å². The van der Waals surface area contributed by atoms with E-state index in [9.17, 15) is 0 Å². The molecule has 14 rings (SSSR count). The quantitative estimate of drug-likeness (QED) is 0.156. The van der Waals surface area contributed by atoms with Gasteiger partial charge in [0.2, 0.25) is 0 Å². The highest BCUT2D eigenvalue weighted by Crippen LogP contribution is 2.45. The van der Waals surface area contributed by atoms with Crippen LogP contribution < -0.4 is 0 Å². The smallest absolute Gasteiger partial charge is 0.166 e. The molecule has 0 bridgehead atoms. The Bertz CT molecular complexity index is 4330. The lowest BCUT2D eigenvalue weighted by molar-refractivity contribution is 1.08. The number of hydrogen-bond acceptors (Lipinski definition) is 5. The maximum Gasteiger partial charge on any atom is 0.166 e. The maximum absolute atomic E-state index is 5.61. The van der Waals surface area contributed by atoms with Gasteiger partial charge in [0.25, 0.3) is 0 Å². The molecule has 0 atom stereocenters. The van der Waals surface area contributed by atoms with Crippen molar-refractivity contribution in [3.8, 4) is 62.2 Å². The van der Waals surface area contributed by atoms with E-state index in [0.717, 1.165) is 82.9 Å². The minimum atomic E-state index is 0.562. The van der Waals surface area contributed by atoms with Crippen LogP contribution in [0.2, 0.25) is 0 Å². The third kappa shape index (κ3) is 6.15. The standard InChI is InChI=1S/C62H37N5S/c1-3-16-39(17-4-1)58-49-32-34-55-57(47-24-10-12-28-54(47)68-55)56(49)48-25-14-26-50(59(48)63-58)62-65-60(43-20-13-19-41(36-43)42-30-29-38-15-7-8-18-40(38)35-42)64-61(66-62)44-31-33-53-51(37-44)46-23-9-11-27-52(46)67(53)45-21-5-2-6-22-45/h1-37H. The molecule has 4 heterocycles. The van der Waals surface area contributed by atoms with Crippen LogP contribution in [-0.2, 0) is 0 Å². The van der Waals surface area contributed by atoms with Crippen molar-refractivity contribution in [3.05, 3.63) is 224 Å². The fourth-order valence-corrected chi connectivity index (χ4v) is 11.4. The summed E-state index contributed by atoms with van der Waals surface area (Å²) in [7, 11) is 0. The molecule has 316 valence electrons. The number of benzene rings is 10. The summed E-state index contributed by atoms with van der Waals surface area (Å²) in [4.78, 5) is 21.8. The number of nitrogens with zero attached hydrogens (tertiary/aromatic N) is 5. The van der Waals surface area contributed by atoms with Gasteiger partial charge in [-0.3, -0.25) is 0 Å². The van der Waals surface area contributed by atoms with Crippen LogP contribution in [0.1, 0.15) is 0 Å². The largest absolute Gasteiger partial charge is 0.309 e. The van der Waals surface area contributed by atoms with Crippen molar-refractivity contribution in [1.29, 1.82) is 0 Å². The monoisotopic (exact) mass is 883 g/mol. The summed E-state index contributed by atoms with van der Waals surface area (Å²) < 4.78 is 4.84. The molecule has 6 heteroatoms. The molecule has 68 heavy (non-hydrogen) atoms. The molecule has 0 saturated carbocycles. The first kappa shape index (κ1) is 38.4. The first-order valence-corrected chi connectivity index (χ1v) is 23.7. The number of aromatic nitrogens is 5. The minimum Gasteiger partial charge on any atom is -0.309 e. The van der Waals surface area contributed by atoms with Gasteiger partial charge in [0, 0.05) is 75.0 Å².